The van der Waals surface area contributed by atoms with Crippen LogP contribution in [0.15, 0.2) is 18.2 Å². The lowest BCUT2D eigenvalue weighted by atomic mass is 9.98. The normalized spacial score (nSPS) is 18.5. The minimum absolute atomic E-state index is 0.244. The van der Waals surface area contributed by atoms with Gasteiger partial charge in [0.25, 0.3) is 5.69 Å². The molecule has 0 radical (unpaired) electrons. The van der Waals surface area contributed by atoms with Crippen LogP contribution in [-0.2, 0) is 0 Å². The third-order valence-electron chi connectivity index (χ3n) is 4.11. The first-order chi connectivity index (χ1) is 10.1. The van der Waals surface area contributed by atoms with E-state index in [0.717, 1.165) is 43.9 Å². The molecule has 0 aliphatic carbocycles. The van der Waals surface area contributed by atoms with Gasteiger partial charge in [0.2, 0.25) is 0 Å². The minimum atomic E-state index is -0.244. The van der Waals surface area contributed by atoms with Crippen molar-refractivity contribution in [3.63, 3.8) is 0 Å². The highest BCUT2D eigenvalue weighted by Gasteiger charge is 2.24. The number of benzene rings is 1. The highest BCUT2D eigenvalue weighted by atomic mass is 16.6. The SMILES string of the molecule is CCCN(CC1CCCNC1)c1cccc(C)c1[N+](=O)[O-]. The number of hydrogen-bond donors (Lipinski definition) is 1. The van der Waals surface area contributed by atoms with Gasteiger partial charge in [0, 0.05) is 18.7 Å². The first-order valence-corrected chi connectivity index (χ1v) is 7.83. The van der Waals surface area contributed by atoms with Crippen LogP contribution in [0.5, 0.6) is 0 Å². The molecule has 0 aromatic heterocycles. The molecule has 0 spiro atoms. The van der Waals surface area contributed by atoms with Crippen LogP contribution in [0.2, 0.25) is 0 Å². The van der Waals surface area contributed by atoms with Gasteiger partial charge < -0.3 is 10.2 Å². The van der Waals surface area contributed by atoms with Crippen molar-refractivity contribution in [2.75, 3.05) is 31.1 Å². The summed E-state index contributed by atoms with van der Waals surface area (Å²) < 4.78 is 0. The van der Waals surface area contributed by atoms with Gasteiger partial charge in [0.1, 0.15) is 5.69 Å². The van der Waals surface area contributed by atoms with E-state index in [9.17, 15) is 10.1 Å². The molecule has 0 saturated carbocycles. The van der Waals surface area contributed by atoms with Crippen LogP contribution in [0.4, 0.5) is 11.4 Å². The number of rotatable bonds is 6. The van der Waals surface area contributed by atoms with Crippen LogP contribution in [0.1, 0.15) is 31.7 Å². The smallest absolute Gasteiger partial charge is 0.295 e. The summed E-state index contributed by atoms with van der Waals surface area (Å²) in [5, 5.41) is 14.8. The molecule has 1 aliphatic rings. The second kappa shape index (κ2) is 7.41. The Morgan fingerprint density at radius 3 is 2.90 bits per heavy atom. The lowest BCUT2D eigenvalue weighted by Crippen LogP contribution is -2.39. The Bertz CT molecular complexity index is 484. The summed E-state index contributed by atoms with van der Waals surface area (Å²) in [5.74, 6) is 0.574. The zero-order valence-electron chi connectivity index (χ0n) is 13.0. The maximum absolute atomic E-state index is 11.4. The number of nitro groups is 1. The first-order valence-electron chi connectivity index (χ1n) is 7.83. The van der Waals surface area contributed by atoms with E-state index >= 15 is 0 Å². The number of nitro benzene ring substituents is 1. The molecule has 116 valence electrons. The molecule has 1 heterocycles. The summed E-state index contributed by atoms with van der Waals surface area (Å²) in [7, 11) is 0. The molecule has 1 aliphatic heterocycles. The fourth-order valence-electron chi connectivity index (χ4n) is 3.11. The van der Waals surface area contributed by atoms with Crippen LogP contribution in [0.3, 0.4) is 0 Å². The van der Waals surface area contributed by atoms with Crippen molar-refractivity contribution in [2.45, 2.75) is 33.1 Å². The van der Waals surface area contributed by atoms with E-state index in [0.29, 0.717) is 5.92 Å². The van der Waals surface area contributed by atoms with Gasteiger partial charge >= 0.3 is 0 Å². The Hall–Kier alpha value is -1.62. The Labute approximate surface area is 126 Å². The van der Waals surface area contributed by atoms with Crippen molar-refractivity contribution in [1.29, 1.82) is 0 Å². The number of nitrogens with zero attached hydrogens (tertiary/aromatic N) is 2. The number of nitrogens with one attached hydrogen (secondary N) is 1. The van der Waals surface area contributed by atoms with Gasteiger partial charge in [-0.15, -0.1) is 0 Å². The van der Waals surface area contributed by atoms with Crippen LogP contribution in [-0.4, -0.2) is 31.1 Å². The number of hydrogen-bond acceptors (Lipinski definition) is 4. The van der Waals surface area contributed by atoms with Gasteiger partial charge in [-0.25, -0.2) is 0 Å². The van der Waals surface area contributed by atoms with Crippen molar-refractivity contribution >= 4 is 11.4 Å². The van der Waals surface area contributed by atoms with E-state index < -0.39 is 0 Å². The molecule has 1 atom stereocenters. The summed E-state index contributed by atoms with van der Waals surface area (Å²) in [6.07, 6.45) is 3.39. The van der Waals surface area contributed by atoms with Gasteiger partial charge in [0.15, 0.2) is 0 Å². The summed E-state index contributed by atoms with van der Waals surface area (Å²) in [4.78, 5) is 13.4. The van der Waals surface area contributed by atoms with Crippen molar-refractivity contribution in [3.8, 4) is 0 Å². The molecule has 1 saturated heterocycles. The predicted octanol–water partition coefficient (Wildman–Crippen LogP) is 3.12. The molecular weight excluding hydrogens is 266 g/mol. The number of piperidine rings is 1. The largest absolute Gasteiger partial charge is 0.366 e. The third-order valence-corrected chi connectivity index (χ3v) is 4.11. The average molecular weight is 291 g/mol. The van der Waals surface area contributed by atoms with E-state index in [4.69, 9.17) is 0 Å². The lowest BCUT2D eigenvalue weighted by molar-refractivity contribution is -0.384. The first kappa shape index (κ1) is 15.8. The minimum Gasteiger partial charge on any atom is -0.366 e. The van der Waals surface area contributed by atoms with Gasteiger partial charge in [-0.05, 0) is 51.3 Å². The maximum Gasteiger partial charge on any atom is 0.295 e. The second-order valence-electron chi connectivity index (χ2n) is 5.86. The Morgan fingerprint density at radius 2 is 2.29 bits per heavy atom. The zero-order chi connectivity index (χ0) is 15.2. The molecule has 1 fully saturated rings. The summed E-state index contributed by atoms with van der Waals surface area (Å²) in [6, 6.07) is 5.62. The Morgan fingerprint density at radius 1 is 1.48 bits per heavy atom. The monoisotopic (exact) mass is 291 g/mol. The highest BCUT2D eigenvalue weighted by Crippen LogP contribution is 2.32. The van der Waals surface area contributed by atoms with Crippen LogP contribution >= 0.6 is 0 Å². The molecule has 2 rings (SSSR count). The van der Waals surface area contributed by atoms with Crippen molar-refractivity contribution < 1.29 is 4.92 Å². The topological polar surface area (TPSA) is 58.4 Å². The highest BCUT2D eigenvalue weighted by molar-refractivity contribution is 5.66. The summed E-state index contributed by atoms with van der Waals surface area (Å²) in [6.45, 7) is 7.79. The van der Waals surface area contributed by atoms with E-state index in [1.54, 1.807) is 0 Å². The standard InChI is InChI=1S/C16H25N3O2/c1-3-10-18(12-14-7-5-9-17-11-14)15-8-4-6-13(2)16(15)19(20)21/h4,6,8,14,17H,3,5,7,9-12H2,1-2H3. The van der Waals surface area contributed by atoms with Crippen LogP contribution in [0.25, 0.3) is 0 Å². The second-order valence-corrected chi connectivity index (χ2v) is 5.86. The van der Waals surface area contributed by atoms with Crippen LogP contribution in [0, 0.1) is 23.0 Å². The maximum atomic E-state index is 11.4. The van der Waals surface area contributed by atoms with Gasteiger partial charge in [0.05, 0.1) is 4.92 Å². The molecule has 1 unspecified atom stereocenters. The molecular formula is C16H25N3O2. The molecule has 1 aromatic rings. The molecule has 21 heavy (non-hydrogen) atoms. The van der Waals surface area contributed by atoms with Gasteiger partial charge in [-0.1, -0.05) is 19.1 Å². The van der Waals surface area contributed by atoms with Crippen molar-refractivity contribution in [2.24, 2.45) is 5.92 Å². The van der Waals surface area contributed by atoms with E-state index in [1.807, 2.05) is 25.1 Å². The van der Waals surface area contributed by atoms with E-state index in [-0.39, 0.29) is 10.6 Å². The van der Waals surface area contributed by atoms with Gasteiger partial charge in [-0.2, -0.15) is 0 Å². The van der Waals surface area contributed by atoms with Crippen molar-refractivity contribution in [3.05, 3.63) is 33.9 Å². The third kappa shape index (κ3) is 3.94. The molecule has 5 nitrogen and oxygen atoms in total. The molecule has 0 bridgehead atoms. The summed E-state index contributed by atoms with van der Waals surface area (Å²) in [5.41, 5.74) is 1.77. The molecule has 5 heteroatoms. The number of anilines is 1. The van der Waals surface area contributed by atoms with Gasteiger partial charge in [-0.3, -0.25) is 10.1 Å². The van der Waals surface area contributed by atoms with Crippen molar-refractivity contribution in [1.82, 2.24) is 5.32 Å². The van der Waals surface area contributed by atoms with E-state index in [2.05, 4.69) is 17.1 Å². The zero-order valence-corrected chi connectivity index (χ0v) is 13.0. The molecule has 1 N–H and O–H groups in total. The Kier molecular flexibility index (Phi) is 5.56. The predicted molar refractivity (Wildman–Crippen MR) is 85.9 cm³/mol. The number of aryl methyl sites for hydroxylation is 1. The Balaban J connectivity index is 2.24. The quantitative estimate of drug-likeness (QED) is 0.646. The molecule has 1 aromatic carbocycles. The summed E-state index contributed by atoms with van der Waals surface area (Å²) >= 11 is 0. The lowest BCUT2D eigenvalue weighted by Gasteiger charge is -2.31. The fourth-order valence-corrected chi connectivity index (χ4v) is 3.11. The number of para-hydroxylation sites is 1. The van der Waals surface area contributed by atoms with Crippen LogP contribution < -0.4 is 10.2 Å². The average Bonchev–Trinajstić information content (AvgIpc) is 2.47. The van der Waals surface area contributed by atoms with E-state index in [1.165, 1.54) is 12.8 Å². The molecule has 0 amide bonds. The fraction of sp³-hybridized carbons (Fsp3) is 0.625.